The molecule has 0 radical (unpaired) electrons. The number of nitrogens with one attached hydrogen (secondary N) is 1. The van der Waals surface area contributed by atoms with Crippen molar-refractivity contribution in [3.05, 3.63) is 76.5 Å². The maximum Gasteiger partial charge on any atom is 0.295 e. The van der Waals surface area contributed by atoms with Crippen LogP contribution in [0.4, 0.5) is 15.8 Å². The zero-order chi connectivity index (χ0) is 15.7. The first-order chi connectivity index (χ1) is 10.6. The molecule has 1 N–H and O–H groups in total. The van der Waals surface area contributed by atoms with E-state index < -0.39 is 5.82 Å². The van der Waals surface area contributed by atoms with E-state index in [1.807, 2.05) is 37.3 Å². The number of para-hydroxylation sites is 2. The van der Waals surface area contributed by atoms with E-state index >= 15 is 0 Å². The third kappa shape index (κ3) is 2.30. The van der Waals surface area contributed by atoms with Gasteiger partial charge in [0.25, 0.3) is 5.56 Å². The number of benzene rings is 2. The van der Waals surface area contributed by atoms with Crippen molar-refractivity contribution < 1.29 is 4.39 Å². The summed E-state index contributed by atoms with van der Waals surface area (Å²) in [6, 6.07) is 15.6. The van der Waals surface area contributed by atoms with Crippen molar-refractivity contribution in [2.45, 2.75) is 6.92 Å². The minimum atomic E-state index is -0.392. The van der Waals surface area contributed by atoms with Crippen molar-refractivity contribution in [1.82, 2.24) is 9.36 Å². The molecule has 5 heteroatoms. The predicted molar refractivity (Wildman–Crippen MR) is 85.4 cm³/mol. The molecule has 0 atom stereocenters. The molecular formula is C17H16FN3O. The largest absolute Gasteiger partial charge is 0.347 e. The molecule has 2 aromatic carbocycles. The first kappa shape index (κ1) is 14.1. The van der Waals surface area contributed by atoms with Gasteiger partial charge in [0.1, 0.15) is 11.5 Å². The fourth-order valence-electron chi connectivity index (χ4n) is 2.41. The maximum atomic E-state index is 13.8. The van der Waals surface area contributed by atoms with Gasteiger partial charge < -0.3 is 5.32 Å². The minimum Gasteiger partial charge on any atom is -0.347 e. The van der Waals surface area contributed by atoms with Crippen LogP contribution in [0.1, 0.15) is 5.69 Å². The van der Waals surface area contributed by atoms with Gasteiger partial charge in [-0.05, 0) is 31.2 Å². The lowest BCUT2D eigenvalue weighted by Gasteiger charge is -2.07. The molecular weight excluding hydrogens is 281 g/mol. The molecule has 0 aliphatic carbocycles. The molecule has 3 rings (SSSR count). The summed E-state index contributed by atoms with van der Waals surface area (Å²) in [4.78, 5) is 12.7. The van der Waals surface area contributed by atoms with Gasteiger partial charge in [0, 0.05) is 7.05 Å². The second kappa shape index (κ2) is 5.52. The second-order valence-corrected chi connectivity index (χ2v) is 5.04. The Hall–Kier alpha value is -2.82. The fraction of sp³-hybridized carbons (Fsp3) is 0.118. The molecule has 1 heterocycles. The molecule has 0 fully saturated rings. The van der Waals surface area contributed by atoms with Gasteiger partial charge >= 0.3 is 0 Å². The Morgan fingerprint density at radius 2 is 1.64 bits per heavy atom. The van der Waals surface area contributed by atoms with Gasteiger partial charge in [-0.2, -0.15) is 0 Å². The van der Waals surface area contributed by atoms with Crippen LogP contribution in [0.15, 0.2) is 59.4 Å². The zero-order valence-corrected chi connectivity index (χ0v) is 12.4. The Bertz CT molecular complexity index is 865. The SMILES string of the molecule is Cc1c(Nc2ccccc2F)c(=O)n(-c2ccccc2)n1C. The van der Waals surface area contributed by atoms with Crippen LogP contribution in [0.3, 0.4) is 0 Å². The maximum absolute atomic E-state index is 13.8. The Morgan fingerprint density at radius 3 is 2.32 bits per heavy atom. The smallest absolute Gasteiger partial charge is 0.295 e. The van der Waals surface area contributed by atoms with Crippen LogP contribution < -0.4 is 10.9 Å². The first-order valence-electron chi connectivity index (χ1n) is 6.95. The number of anilines is 2. The van der Waals surface area contributed by atoms with Gasteiger partial charge in [-0.3, -0.25) is 9.48 Å². The lowest BCUT2D eigenvalue weighted by molar-refractivity contribution is 0.630. The molecule has 0 spiro atoms. The van der Waals surface area contributed by atoms with E-state index in [-0.39, 0.29) is 11.2 Å². The molecule has 4 nitrogen and oxygen atoms in total. The van der Waals surface area contributed by atoms with E-state index in [9.17, 15) is 9.18 Å². The van der Waals surface area contributed by atoms with E-state index in [1.54, 1.807) is 34.6 Å². The van der Waals surface area contributed by atoms with E-state index in [1.165, 1.54) is 6.07 Å². The third-order valence-corrected chi connectivity index (χ3v) is 3.69. The predicted octanol–water partition coefficient (Wildman–Crippen LogP) is 3.37. The standard InChI is InChI=1S/C17H16FN3O/c1-12-16(19-15-11-7-6-10-14(15)18)17(22)21(20(12)2)13-8-4-3-5-9-13/h3-11,19H,1-2H3. The fourth-order valence-corrected chi connectivity index (χ4v) is 2.41. The van der Waals surface area contributed by atoms with Crippen LogP contribution in [0.5, 0.6) is 0 Å². The summed E-state index contributed by atoms with van der Waals surface area (Å²) in [6.45, 7) is 1.82. The van der Waals surface area contributed by atoms with Gasteiger partial charge in [-0.15, -0.1) is 0 Å². The molecule has 0 aliphatic rings. The van der Waals surface area contributed by atoms with Crippen LogP contribution in [0.2, 0.25) is 0 Å². The molecule has 112 valence electrons. The lowest BCUT2D eigenvalue weighted by Crippen LogP contribution is -2.20. The highest BCUT2D eigenvalue weighted by Crippen LogP contribution is 2.21. The van der Waals surface area contributed by atoms with Crippen molar-refractivity contribution in [2.24, 2.45) is 7.05 Å². The first-order valence-corrected chi connectivity index (χ1v) is 6.95. The molecule has 0 amide bonds. The van der Waals surface area contributed by atoms with Crippen molar-refractivity contribution in [2.75, 3.05) is 5.32 Å². The monoisotopic (exact) mass is 297 g/mol. The highest BCUT2D eigenvalue weighted by molar-refractivity contribution is 5.62. The average Bonchev–Trinajstić information content (AvgIpc) is 2.74. The number of rotatable bonds is 3. The van der Waals surface area contributed by atoms with Crippen molar-refractivity contribution >= 4 is 11.4 Å². The van der Waals surface area contributed by atoms with Crippen LogP contribution >= 0.6 is 0 Å². The molecule has 3 aromatic rings. The van der Waals surface area contributed by atoms with E-state index in [2.05, 4.69) is 5.32 Å². The molecule has 22 heavy (non-hydrogen) atoms. The third-order valence-electron chi connectivity index (χ3n) is 3.69. The molecule has 1 aromatic heterocycles. The normalized spacial score (nSPS) is 10.7. The highest BCUT2D eigenvalue weighted by Gasteiger charge is 2.16. The average molecular weight is 297 g/mol. The Kier molecular flexibility index (Phi) is 3.55. The summed E-state index contributed by atoms with van der Waals surface area (Å²) >= 11 is 0. The van der Waals surface area contributed by atoms with Gasteiger partial charge in [-0.1, -0.05) is 30.3 Å². The molecule has 0 unspecified atom stereocenters. The quantitative estimate of drug-likeness (QED) is 0.805. The van der Waals surface area contributed by atoms with Gasteiger partial charge in [0.2, 0.25) is 0 Å². The Morgan fingerprint density at radius 1 is 1.00 bits per heavy atom. The summed E-state index contributed by atoms with van der Waals surface area (Å²) in [7, 11) is 1.80. The van der Waals surface area contributed by atoms with Crippen LogP contribution in [-0.2, 0) is 7.05 Å². The topological polar surface area (TPSA) is 39.0 Å². The van der Waals surface area contributed by atoms with Crippen LogP contribution in [-0.4, -0.2) is 9.36 Å². The minimum absolute atomic E-state index is 0.213. The second-order valence-electron chi connectivity index (χ2n) is 5.04. The van der Waals surface area contributed by atoms with Crippen molar-refractivity contribution in [3.63, 3.8) is 0 Å². The lowest BCUT2D eigenvalue weighted by atomic mass is 10.3. The van der Waals surface area contributed by atoms with Crippen LogP contribution in [0.25, 0.3) is 5.69 Å². The number of aromatic nitrogens is 2. The van der Waals surface area contributed by atoms with Gasteiger partial charge in [0.15, 0.2) is 0 Å². The Balaban J connectivity index is 2.11. The number of halogens is 1. The van der Waals surface area contributed by atoms with Gasteiger partial charge in [-0.25, -0.2) is 9.07 Å². The summed E-state index contributed by atoms with van der Waals surface area (Å²) in [5.74, 6) is -0.392. The summed E-state index contributed by atoms with van der Waals surface area (Å²) in [5, 5.41) is 2.91. The summed E-state index contributed by atoms with van der Waals surface area (Å²) < 4.78 is 17.1. The van der Waals surface area contributed by atoms with Crippen molar-refractivity contribution in [3.8, 4) is 5.69 Å². The number of nitrogens with zero attached hydrogens (tertiary/aromatic N) is 2. The van der Waals surface area contributed by atoms with Crippen LogP contribution in [0, 0.1) is 12.7 Å². The number of hydrogen-bond donors (Lipinski definition) is 1. The molecule has 0 aliphatic heterocycles. The van der Waals surface area contributed by atoms with E-state index in [4.69, 9.17) is 0 Å². The molecule has 0 bridgehead atoms. The molecule has 0 saturated heterocycles. The van der Waals surface area contributed by atoms with Gasteiger partial charge in [0.05, 0.1) is 17.1 Å². The summed E-state index contributed by atoms with van der Waals surface area (Å²) in [5.41, 5.74) is 1.94. The van der Waals surface area contributed by atoms with E-state index in [0.717, 1.165) is 11.4 Å². The van der Waals surface area contributed by atoms with E-state index in [0.29, 0.717) is 5.69 Å². The highest BCUT2D eigenvalue weighted by atomic mass is 19.1. The zero-order valence-electron chi connectivity index (χ0n) is 12.4. The number of hydrogen-bond acceptors (Lipinski definition) is 2. The van der Waals surface area contributed by atoms with Crippen molar-refractivity contribution in [1.29, 1.82) is 0 Å². The Labute approximate surface area is 127 Å². The summed E-state index contributed by atoms with van der Waals surface area (Å²) in [6.07, 6.45) is 0. The molecule has 0 saturated carbocycles.